The normalized spacial score (nSPS) is 14.9. The first-order chi connectivity index (χ1) is 14.0. The quantitative estimate of drug-likeness (QED) is 0.734. The number of pyridine rings is 1. The van der Waals surface area contributed by atoms with Crippen molar-refractivity contribution in [2.24, 2.45) is 5.92 Å². The first-order valence-electron chi connectivity index (χ1n) is 9.84. The van der Waals surface area contributed by atoms with Gasteiger partial charge in [0.15, 0.2) is 5.69 Å². The average molecular weight is 392 g/mol. The summed E-state index contributed by atoms with van der Waals surface area (Å²) in [7, 11) is 0. The molecule has 0 spiro atoms. The summed E-state index contributed by atoms with van der Waals surface area (Å²) >= 11 is 0. The van der Waals surface area contributed by atoms with Gasteiger partial charge in [-0.25, -0.2) is 4.68 Å². The minimum atomic E-state index is -0.217. The predicted octanol–water partition coefficient (Wildman–Crippen LogP) is 2.11. The lowest BCUT2D eigenvalue weighted by atomic mass is 9.97. The average Bonchev–Trinajstić information content (AvgIpc) is 3.13. The van der Waals surface area contributed by atoms with Crippen molar-refractivity contribution >= 4 is 22.7 Å². The summed E-state index contributed by atoms with van der Waals surface area (Å²) in [5.74, 6) is 0.271. The summed E-state index contributed by atoms with van der Waals surface area (Å²) in [5, 5.41) is 12.3. The van der Waals surface area contributed by atoms with Crippen LogP contribution in [-0.2, 0) is 4.79 Å². The molecule has 0 saturated carbocycles. The summed E-state index contributed by atoms with van der Waals surface area (Å²) in [6.07, 6.45) is 3.56. The van der Waals surface area contributed by atoms with Crippen molar-refractivity contribution < 1.29 is 9.59 Å². The number of amides is 2. The van der Waals surface area contributed by atoms with E-state index in [-0.39, 0.29) is 11.8 Å². The Morgan fingerprint density at radius 1 is 1.21 bits per heavy atom. The van der Waals surface area contributed by atoms with Crippen LogP contribution in [-0.4, -0.2) is 56.3 Å². The van der Waals surface area contributed by atoms with Crippen molar-refractivity contribution in [3.8, 4) is 5.69 Å². The summed E-state index contributed by atoms with van der Waals surface area (Å²) < 4.78 is 1.67. The van der Waals surface area contributed by atoms with E-state index in [2.05, 4.69) is 20.6 Å². The van der Waals surface area contributed by atoms with E-state index in [1.807, 2.05) is 42.2 Å². The molecule has 150 valence electrons. The molecule has 0 radical (unpaired) electrons. The van der Waals surface area contributed by atoms with Gasteiger partial charge >= 0.3 is 0 Å². The maximum Gasteiger partial charge on any atom is 0.273 e. The molecule has 1 saturated heterocycles. The van der Waals surface area contributed by atoms with Gasteiger partial charge in [0.05, 0.1) is 16.9 Å². The van der Waals surface area contributed by atoms with Crippen LogP contribution in [0.2, 0.25) is 0 Å². The van der Waals surface area contributed by atoms with E-state index < -0.39 is 0 Å². The Morgan fingerprint density at radius 2 is 2.00 bits per heavy atom. The third-order valence-corrected chi connectivity index (χ3v) is 5.55. The number of benzene rings is 1. The van der Waals surface area contributed by atoms with E-state index in [4.69, 9.17) is 0 Å². The van der Waals surface area contributed by atoms with E-state index >= 15 is 0 Å². The zero-order chi connectivity index (χ0) is 20.4. The number of nitrogens with one attached hydrogen (secondary N) is 1. The van der Waals surface area contributed by atoms with Crippen LogP contribution < -0.4 is 5.32 Å². The number of likely N-dealkylation sites (tertiary alicyclic amines) is 1. The molecule has 4 rings (SSSR count). The number of fused-ring (bicyclic) bond motifs is 1. The lowest BCUT2D eigenvalue weighted by Crippen LogP contribution is -2.40. The van der Waals surface area contributed by atoms with Crippen LogP contribution in [0.4, 0.5) is 0 Å². The number of hydrogen-bond donors (Lipinski definition) is 1. The maximum absolute atomic E-state index is 12.6. The highest BCUT2D eigenvalue weighted by molar-refractivity contribution is 5.93. The van der Waals surface area contributed by atoms with Gasteiger partial charge in [-0.15, -0.1) is 5.10 Å². The lowest BCUT2D eigenvalue weighted by Gasteiger charge is -2.31. The van der Waals surface area contributed by atoms with Gasteiger partial charge in [-0.2, -0.15) is 0 Å². The Morgan fingerprint density at radius 3 is 2.76 bits per heavy atom. The summed E-state index contributed by atoms with van der Waals surface area (Å²) in [5.41, 5.74) is 2.77. The number of hydrogen-bond acceptors (Lipinski definition) is 5. The zero-order valence-electron chi connectivity index (χ0n) is 16.6. The second-order valence-corrected chi connectivity index (χ2v) is 7.48. The van der Waals surface area contributed by atoms with E-state index in [9.17, 15) is 9.59 Å². The van der Waals surface area contributed by atoms with Crippen LogP contribution >= 0.6 is 0 Å². The fourth-order valence-corrected chi connectivity index (χ4v) is 3.75. The van der Waals surface area contributed by atoms with Gasteiger partial charge in [-0.3, -0.25) is 14.6 Å². The van der Waals surface area contributed by atoms with Gasteiger partial charge in [0.1, 0.15) is 0 Å². The highest BCUT2D eigenvalue weighted by atomic mass is 16.2. The Hall–Kier alpha value is -3.29. The number of carbonyl (C=O) groups excluding carboxylic acids is 2. The monoisotopic (exact) mass is 392 g/mol. The van der Waals surface area contributed by atoms with Crippen LogP contribution in [0, 0.1) is 12.8 Å². The van der Waals surface area contributed by atoms with E-state index in [1.165, 1.54) is 0 Å². The van der Waals surface area contributed by atoms with Crippen LogP contribution in [0.15, 0.2) is 36.5 Å². The molecule has 0 unspecified atom stereocenters. The van der Waals surface area contributed by atoms with Gasteiger partial charge in [0.2, 0.25) is 5.91 Å². The van der Waals surface area contributed by atoms with Crippen molar-refractivity contribution in [2.75, 3.05) is 19.6 Å². The highest BCUT2D eigenvalue weighted by Crippen LogP contribution is 2.19. The molecule has 29 heavy (non-hydrogen) atoms. The van der Waals surface area contributed by atoms with Crippen molar-refractivity contribution in [1.29, 1.82) is 0 Å². The molecule has 0 bridgehead atoms. The Bertz CT molecular complexity index is 1050. The molecule has 1 aromatic carbocycles. The summed E-state index contributed by atoms with van der Waals surface area (Å²) in [4.78, 5) is 30.2. The van der Waals surface area contributed by atoms with Gasteiger partial charge in [-0.05, 0) is 49.9 Å². The number of nitrogens with zero attached hydrogens (tertiary/aromatic N) is 5. The fourth-order valence-electron chi connectivity index (χ4n) is 3.75. The molecule has 1 fully saturated rings. The molecule has 1 aliphatic rings. The SMILES string of the molecule is CC(=O)N1CCC(CNC(=O)c2nnn(-c3ccc4ncccc4c3)c2C)CC1. The summed E-state index contributed by atoms with van der Waals surface area (Å²) in [6.45, 7) is 5.52. The Labute approximate surface area is 168 Å². The molecule has 1 aliphatic heterocycles. The maximum atomic E-state index is 12.6. The molecular formula is C21H24N6O2. The van der Waals surface area contributed by atoms with Crippen LogP contribution in [0.5, 0.6) is 0 Å². The standard InChI is InChI=1S/C21H24N6O2/c1-14-20(21(29)23-13-16-7-10-26(11-8-16)15(2)28)24-25-27(14)18-5-6-19-17(12-18)4-3-9-22-19/h3-6,9,12,16H,7-8,10-11,13H2,1-2H3,(H,23,29). The minimum Gasteiger partial charge on any atom is -0.350 e. The molecular weight excluding hydrogens is 368 g/mol. The van der Waals surface area contributed by atoms with Crippen LogP contribution in [0.25, 0.3) is 16.6 Å². The smallest absolute Gasteiger partial charge is 0.273 e. The topological polar surface area (TPSA) is 93.0 Å². The second kappa shape index (κ2) is 7.98. The zero-order valence-corrected chi connectivity index (χ0v) is 16.6. The molecule has 3 heterocycles. The summed E-state index contributed by atoms with van der Waals surface area (Å²) in [6, 6.07) is 9.71. The van der Waals surface area contributed by atoms with Crippen LogP contribution in [0.1, 0.15) is 35.9 Å². The number of rotatable bonds is 4. The largest absolute Gasteiger partial charge is 0.350 e. The van der Waals surface area contributed by atoms with Crippen molar-refractivity contribution in [2.45, 2.75) is 26.7 Å². The third kappa shape index (κ3) is 3.96. The van der Waals surface area contributed by atoms with Gasteiger partial charge in [-0.1, -0.05) is 11.3 Å². The lowest BCUT2D eigenvalue weighted by molar-refractivity contribution is -0.130. The molecule has 8 nitrogen and oxygen atoms in total. The van der Waals surface area contributed by atoms with Crippen molar-refractivity contribution in [1.82, 2.24) is 30.2 Å². The third-order valence-electron chi connectivity index (χ3n) is 5.55. The molecule has 0 atom stereocenters. The molecule has 2 amide bonds. The molecule has 3 aromatic rings. The number of piperidine rings is 1. The van der Waals surface area contributed by atoms with Crippen LogP contribution in [0.3, 0.4) is 0 Å². The second-order valence-electron chi connectivity index (χ2n) is 7.48. The Kier molecular flexibility index (Phi) is 5.24. The molecule has 1 N–H and O–H groups in total. The van der Waals surface area contributed by atoms with Crippen molar-refractivity contribution in [3.05, 3.63) is 47.9 Å². The van der Waals surface area contributed by atoms with Crippen molar-refractivity contribution in [3.63, 3.8) is 0 Å². The van der Waals surface area contributed by atoms with Gasteiger partial charge < -0.3 is 10.2 Å². The molecule has 8 heteroatoms. The number of carbonyl (C=O) groups is 2. The first-order valence-corrected chi connectivity index (χ1v) is 9.84. The number of aromatic nitrogens is 4. The van der Waals surface area contributed by atoms with E-state index in [0.717, 1.165) is 42.5 Å². The van der Waals surface area contributed by atoms with Gasteiger partial charge in [0.25, 0.3) is 5.91 Å². The fraction of sp³-hybridized carbons (Fsp3) is 0.381. The first kappa shape index (κ1) is 19.0. The van der Waals surface area contributed by atoms with Gasteiger partial charge in [0, 0.05) is 38.1 Å². The molecule has 0 aliphatic carbocycles. The molecule has 2 aromatic heterocycles. The minimum absolute atomic E-state index is 0.115. The predicted molar refractivity (Wildman–Crippen MR) is 109 cm³/mol. The highest BCUT2D eigenvalue weighted by Gasteiger charge is 2.23. The van der Waals surface area contributed by atoms with E-state index in [0.29, 0.717) is 23.9 Å². The Balaban J connectivity index is 1.42. The van der Waals surface area contributed by atoms with E-state index in [1.54, 1.807) is 17.8 Å².